The number of nitrogens with one attached hydrogen (secondary N) is 4. The first-order valence-corrected chi connectivity index (χ1v) is 11.7. The van der Waals surface area contributed by atoms with Crippen molar-refractivity contribution in [1.29, 1.82) is 0 Å². The molecule has 0 saturated heterocycles. The van der Waals surface area contributed by atoms with Gasteiger partial charge < -0.3 is 20.6 Å². The van der Waals surface area contributed by atoms with E-state index >= 15 is 0 Å². The summed E-state index contributed by atoms with van der Waals surface area (Å²) in [5.74, 6) is 1.79. The minimum atomic E-state index is -0.713. The number of nitrogens with zero attached hydrogens (tertiary/aromatic N) is 6. The highest BCUT2D eigenvalue weighted by molar-refractivity contribution is 5.83. The Morgan fingerprint density at radius 3 is 2.09 bits per heavy atom. The molecule has 4 N–H and O–H groups in total. The van der Waals surface area contributed by atoms with Crippen LogP contribution in [0.15, 0.2) is 6.33 Å². The molecule has 0 aliphatic heterocycles. The molecule has 4 aromatic heterocycles. The van der Waals surface area contributed by atoms with Crippen LogP contribution in [0, 0.1) is 29.4 Å². The minimum absolute atomic E-state index is 0.0367. The number of aromatic nitrogens is 8. The number of H-pyrrole nitrogens is 2. The Balaban J connectivity index is 1.62. The fourth-order valence-electron chi connectivity index (χ4n) is 3.98. The molecule has 0 radical (unpaired) electrons. The highest BCUT2D eigenvalue weighted by Crippen LogP contribution is 2.28. The van der Waals surface area contributed by atoms with Gasteiger partial charge in [-0.1, -0.05) is 41.5 Å². The highest BCUT2D eigenvalue weighted by atomic mass is 19.1. The van der Waals surface area contributed by atoms with Crippen LogP contribution in [-0.4, -0.2) is 52.0 Å². The third-order valence-electron chi connectivity index (χ3n) is 6.42. The van der Waals surface area contributed by atoms with Crippen LogP contribution in [0.1, 0.15) is 54.3 Å². The van der Waals surface area contributed by atoms with E-state index in [2.05, 4.69) is 94.0 Å². The van der Waals surface area contributed by atoms with Crippen molar-refractivity contribution in [2.45, 2.75) is 67.0 Å². The second-order valence-corrected chi connectivity index (χ2v) is 10.5. The Hall–Kier alpha value is -3.44. The fraction of sp³-hybridized carbons (Fsp3) is 0.565. The molecule has 35 heavy (non-hydrogen) atoms. The predicted molar refractivity (Wildman–Crippen MR) is 131 cm³/mol. The molecule has 3 atom stereocenters. The Kier molecular flexibility index (Phi) is 6.56. The number of rotatable bonds is 8. The minimum Gasteiger partial charge on any atom is -0.365 e. The van der Waals surface area contributed by atoms with Crippen LogP contribution >= 0.6 is 0 Å². The lowest BCUT2D eigenvalue weighted by atomic mass is 9.88. The maximum Gasteiger partial charge on any atom is 0.289 e. The van der Waals surface area contributed by atoms with Gasteiger partial charge in [0.1, 0.15) is 23.2 Å². The molecule has 0 aliphatic carbocycles. The van der Waals surface area contributed by atoms with Gasteiger partial charge in [0.05, 0.1) is 0 Å². The highest BCUT2D eigenvalue weighted by Gasteiger charge is 2.26. The van der Waals surface area contributed by atoms with Crippen molar-refractivity contribution >= 4 is 34.0 Å². The van der Waals surface area contributed by atoms with Gasteiger partial charge in [-0.25, -0.2) is 19.9 Å². The fourth-order valence-corrected chi connectivity index (χ4v) is 3.98. The monoisotopic (exact) mass is 486 g/mol. The first-order chi connectivity index (χ1) is 16.4. The molecule has 0 saturated carbocycles. The SMILES string of the molecule is CC(C)[C@@H](Nc1ncnc2nc(F)[nH]c12)C(C)Cc1nc(N[C@@H](C)C(C)(C)C)c2[nH]c(F)nc2n1. The second kappa shape index (κ2) is 9.31. The number of hydrogen-bond donors (Lipinski definition) is 4. The molecule has 0 amide bonds. The molecule has 4 rings (SSSR count). The number of anilines is 2. The summed E-state index contributed by atoms with van der Waals surface area (Å²) in [6.07, 6.45) is 0.442. The molecule has 0 aromatic carbocycles. The van der Waals surface area contributed by atoms with Crippen molar-refractivity contribution in [3.63, 3.8) is 0 Å². The molecule has 12 heteroatoms. The molecule has 0 bridgehead atoms. The Morgan fingerprint density at radius 1 is 0.829 bits per heavy atom. The molecule has 4 heterocycles. The predicted octanol–water partition coefficient (Wildman–Crippen LogP) is 4.46. The van der Waals surface area contributed by atoms with Crippen molar-refractivity contribution in [2.75, 3.05) is 10.6 Å². The van der Waals surface area contributed by atoms with Gasteiger partial charge in [0.15, 0.2) is 22.9 Å². The topological polar surface area (TPSA) is 133 Å². The maximum absolute atomic E-state index is 14.0. The van der Waals surface area contributed by atoms with Crippen LogP contribution in [0.4, 0.5) is 20.4 Å². The summed E-state index contributed by atoms with van der Waals surface area (Å²) >= 11 is 0. The summed E-state index contributed by atoms with van der Waals surface area (Å²) in [6, 6.07) is 0.0110. The van der Waals surface area contributed by atoms with Crippen molar-refractivity contribution in [3.8, 4) is 0 Å². The molecule has 10 nitrogen and oxygen atoms in total. The summed E-state index contributed by atoms with van der Waals surface area (Å²) < 4.78 is 27.6. The number of imidazole rings is 2. The zero-order valence-corrected chi connectivity index (χ0v) is 21.0. The van der Waals surface area contributed by atoms with Crippen molar-refractivity contribution < 1.29 is 8.78 Å². The zero-order valence-electron chi connectivity index (χ0n) is 21.0. The van der Waals surface area contributed by atoms with E-state index in [1.807, 2.05) is 0 Å². The number of hydrogen-bond acceptors (Lipinski definition) is 8. The Morgan fingerprint density at radius 2 is 1.46 bits per heavy atom. The molecular formula is C23H32F2N10. The third-order valence-corrected chi connectivity index (χ3v) is 6.42. The number of aromatic amines is 2. The van der Waals surface area contributed by atoms with Crippen molar-refractivity contribution in [2.24, 2.45) is 17.3 Å². The van der Waals surface area contributed by atoms with Crippen LogP contribution < -0.4 is 10.6 Å². The largest absolute Gasteiger partial charge is 0.365 e. The molecule has 4 aromatic rings. The van der Waals surface area contributed by atoms with Gasteiger partial charge >= 0.3 is 0 Å². The lowest BCUT2D eigenvalue weighted by molar-refractivity contribution is 0.358. The molecule has 0 fully saturated rings. The summed E-state index contributed by atoms with van der Waals surface area (Å²) in [5.41, 5.74) is 1.36. The van der Waals surface area contributed by atoms with E-state index in [1.54, 1.807) is 0 Å². The van der Waals surface area contributed by atoms with Crippen LogP contribution in [0.5, 0.6) is 0 Å². The summed E-state index contributed by atoms with van der Waals surface area (Å²) in [5, 5.41) is 6.82. The summed E-state index contributed by atoms with van der Waals surface area (Å²) in [7, 11) is 0. The number of halogens is 2. The first-order valence-electron chi connectivity index (χ1n) is 11.7. The smallest absolute Gasteiger partial charge is 0.289 e. The average molecular weight is 487 g/mol. The third kappa shape index (κ3) is 5.30. The van der Waals surface area contributed by atoms with E-state index in [1.165, 1.54) is 6.33 Å². The Labute approximate surface area is 202 Å². The number of fused-ring (bicyclic) bond motifs is 2. The van der Waals surface area contributed by atoms with Crippen molar-refractivity contribution in [1.82, 2.24) is 39.9 Å². The second-order valence-electron chi connectivity index (χ2n) is 10.5. The van der Waals surface area contributed by atoms with Gasteiger partial charge in [0, 0.05) is 18.5 Å². The van der Waals surface area contributed by atoms with Crippen molar-refractivity contribution in [3.05, 3.63) is 24.3 Å². The summed E-state index contributed by atoms with van der Waals surface area (Å²) in [4.78, 5) is 30.4. The molecular weight excluding hydrogens is 454 g/mol. The van der Waals surface area contributed by atoms with E-state index < -0.39 is 12.2 Å². The van der Waals surface area contributed by atoms with E-state index in [0.29, 0.717) is 34.9 Å². The maximum atomic E-state index is 14.0. The zero-order chi connectivity index (χ0) is 25.5. The van der Waals surface area contributed by atoms with E-state index in [0.717, 1.165) is 0 Å². The van der Waals surface area contributed by atoms with E-state index in [4.69, 9.17) is 4.98 Å². The Bertz CT molecular complexity index is 1320. The average Bonchev–Trinajstić information content (AvgIpc) is 3.32. The lowest BCUT2D eigenvalue weighted by Gasteiger charge is -2.30. The van der Waals surface area contributed by atoms with Gasteiger partial charge in [0.2, 0.25) is 0 Å². The standard InChI is InChI=1S/C23H32F2N10/c1-10(2)14(31-17-15-18(27-9-26-17)34-21(24)32-15)11(3)8-13-29-19(28-12(4)23(5,6)7)16-20(30-13)35-22(25)33-16/h9-12,14H,8H2,1-7H3,(H2,26,27,31,32,34)(H2,28,29,30,33,35)/t11?,12-,14+/m0/s1. The molecule has 188 valence electrons. The summed E-state index contributed by atoms with van der Waals surface area (Å²) in [6.45, 7) is 14.7. The van der Waals surface area contributed by atoms with E-state index in [-0.39, 0.29) is 40.6 Å². The van der Waals surface area contributed by atoms with Gasteiger partial charge in [-0.3, -0.25) is 0 Å². The molecule has 0 aliphatic rings. The molecule has 1 unspecified atom stereocenters. The quantitative estimate of drug-likeness (QED) is 0.268. The van der Waals surface area contributed by atoms with Gasteiger partial charge in [0.25, 0.3) is 12.2 Å². The van der Waals surface area contributed by atoms with Crippen LogP contribution in [-0.2, 0) is 6.42 Å². The van der Waals surface area contributed by atoms with Crippen LogP contribution in [0.2, 0.25) is 0 Å². The normalized spacial score (nSPS) is 15.0. The first kappa shape index (κ1) is 24.7. The van der Waals surface area contributed by atoms with Gasteiger partial charge in [-0.2, -0.15) is 18.7 Å². The van der Waals surface area contributed by atoms with E-state index in [9.17, 15) is 8.78 Å². The van der Waals surface area contributed by atoms with Crippen LogP contribution in [0.3, 0.4) is 0 Å². The van der Waals surface area contributed by atoms with Crippen LogP contribution in [0.25, 0.3) is 22.3 Å². The lowest BCUT2D eigenvalue weighted by Crippen LogP contribution is -2.35. The molecule has 0 spiro atoms. The van der Waals surface area contributed by atoms with Gasteiger partial charge in [-0.15, -0.1) is 0 Å². The van der Waals surface area contributed by atoms with Gasteiger partial charge in [-0.05, 0) is 24.2 Å².